The number of fused-ring (bicyclic) bond motifs is 6. The first kappa shape index (κ1) is 20.0. The lowest BCUT2D eigenvalue weighted by Crippen LogP contribution is -2.69. The summed E-state index contributed by atoms with van der Waals surface area (Å²) < 4.78 is 0. The van der Waals surface area contributed by atoms with E-state index in [-0.39, 0.29) is 16.0 Å². The molecule has 1 aliphatic heterocycles. The van der Waals surface area contributed by atoms with Crippen LogP contribution in [0.5, 0.6) is 0 Å². The molecule has 3 aliphatic carbocycles. The van der Waals surface area contributed by atoms with Gasteiger partial charge in [0.05, 0.1) is 20.2 Å². The number of hydrogen-bond acceptors (Lipinski definition) is 1. The van der Waals surface area contributed by atoms with Crippen molar-refractivity contribution in [3.63, 3.8) is 0 Å². The minimum atomic E-state index is -1.96. The molecule has 4 aliphatic rings. The van der Waals surface area contributed by atoms with Gasteiger partial charge in [-0.2, -0.15) is 0 Å². The molecular weight excluding hydrogens is 403 g/mol. The van der Waals surface area contributed by atoms with E-state index in [9.17, 15) is 4.79 Å². The standard InChI is InChI=1S/C24H36NOSi3/c1-16-13-17-9-8-10-21(20(17)14-16)23-18-11-12-19(15-18)24(23,22(25)26)28(4,5)29(6,7)27(23,2)3/h8-10,14,18-19,25H,11-13,15H2,1-7H3. The molecule has 1 aromatic carbocycles. The minimum Gasteiger partial charge on any atom is -0.273 e. The summed E-state index contributed by atoms with van der Waals surface area (Å²) in [5.41, 5.74) is 14.7. The van der Waals surface area contributed by atoms with Crippen molar-refractivity contribution in [3.05, 3.63) is 40.5 Å². The van der Waals surface area contributed by atoms with Gasteiger partial charge in [-0.1, -0.05) is 69.1 Å². The van der Waals surface area contributed by atoms with Gasteiger partial charge in [-0.25, -0.2) is 0 Å². The second-order valence-corrected chi connectivity index (χ2v) is 39.9. The molecule has 1 amide bonds. The number of hydrogen-bond donors (Lipinski definition) is 0. The highest BCUT2D eigenvalue weighted by Crippen LogP contribution is 2.83. The predicted octanol–water partition coefficient (Wildman–Crippen LogP) is 5.70. The number of carbonyl (C=O) groups excluding carboxylic acids is 1. The first-order chi connectivity index (χ1) is 13.4. The Balaban J connectivity index is 1.97. The zero-order valence-electron chi connectivity index (χ0n) is 19.2. The summed E-state index contributed by atoms with van der Waals surface area (Å²) in [6.07, 6.45) is 7.15. The number of carbonyl (C=O) groups is 1. The third-order valence-corrected chi connectivity index (χ3v) is 56.1. The van der Waals surface area contributed by atoms with Crippen molar-refractivity contribution in [2.45, 2.75) is 82.0 Å². The minimum absolute atomic E-state index is 0.0142. The van der Waals surface area contributed by atoms with Crippen molar-refractivity contribution in [1.82, 2.24) is 5.73 Å². The first-order valence-electron chi connectivity index (χ1n) is 11.4. The van der Waals surface area contributed by atoms with Crippen LogP contribution >= 0.6 is 0 Å². The van der Waals surface area contributed by atoms with Crippen LogP contribution in [-0.2, 0) is 16.3 Å². The van der Waals surface area contributed by atoms with E-state index < -0.39 is 22.3 Å². The van der Waals surface area contributed by atoms with Crippen molar-refractivity contribution in [3.8, 4) is 0 Å². The van der Waals surface area contributed by atoms with Crippen LogP contribution in [0.3, 0.4) is 0 Å². The molecule has 2 saturated carbocycles. The lowest BCUT2D eigenvalue weighted by Gasteiger charge is -2.56. The molecule has 155 valence electrons. The molecule has 1 heterocycles. The van der Waals surface area contributed by atoms with Crippen LogP contribution < -0.4 is 5.73 Å². The molecule has 2 nitrogen and oxygen atoms in total. The molecule has 4 atom stereocenters. The van der Waals surface area contributed by atoms with Gasteiger partial charge in [0.2, 0.25) is 5.91 Å². The van der Waals surface area contributed by atoms with Crippen molar-refractivity contribution in [2.24, 2.45) is 11.8 Å². The van der Waals surface area contributed by atoms with Gasteiger partial charge < -0.3 is 0 Å². The Hall–Kier alpha value is -0.919. The van der Waals surface area contributed by atoms with Gasteiger partial charge in [0.25, 0.3) is 0 Å². The van der Waals surface area contributed by atoms with E-state index in [0.717, 1.165) is 6.42 Å². The molecule has 0 spiro atoms. The van der Waals surface area contributed by atoms with Gasteiger partial charge in [-0.3, -0.25) is 10.5 Å². The zero-order valence-corrected chi connectivity index (χ0v) is 22.2. The van der Waals surface area contributed by atoms with Crippen molar-refractivity contribution in [2.75, 3.05) is 0 Å². The van der Waals surface area contributed by atoms with E-state index in [0.29, 0.717) is 11.8 Å². The van der Waals surface area contributed by atoms with Crippen LogP contribution in [0.15, 0.2) is 23.8 Å². The van der Waals surface area contributed by atoms with Crippen LogP contribution in [0.25, 0.3) is 6.08 Å². The normalized spacial score (nSPS) is 39.9. The Kier molecular flexibility index (Phi) is 3.77. The molecule has 1 radical (unpaired) electrons. The number of allylic oxidation sites excluding steroid dienone is 1. The number of benzene rings is 1. The maximum Gasteiger partial charge on any atom is 0.242 e. The van der Waals surface area contributed by atoms with E-state index in [1.165, 1.54) is 41.5 Å². The summed E-state index contributed by atoms with van der Waals surface area (Å²) in [6.45, 7) is 17.9. The molecule has 5 heteroatoms. The Morgan fingerprint density at radius 3 is 2.34 bits per heavy atom. The quantitative estimate of drug-likeness (QED) is 0.546. The second-order valence-electron chi connectivity index (χ2n) is 12.1. The fourth-order valence-electron chi connectivity index (χ4n) is 9.48. The topological polar surface area (TPSA) is 40.9 Å². The largest absolute Gasteiger partial charge is 0.273 e. The van der Waals surface area contributed by atoms with E-state index in [2.05, 4.69) is 70.5 Å². The molecule has 0 aromatic heterocycles. The van der Waals surface area contributed by atoms with Crippen LogP contribution in [0.4, 0.5) is 0 Å². The first-order valence-corrected chi connectivity index (χ1v) is 22.4. The molecule has 3 fully saturated rings. The third-order valence-electron chi connectivity index (χ3n) is 11.2. The number of rotatable bonds is 2. The lowest BCUT2D eigenvalue weighted by molar-refractivity contribution is -0.124. The summed E-state index contributed by atoms with van der Waals surface area (Å²) in [5.74, 6) is 0.907. The van der Waals surface area contributed by atoms with Crippen molar-refractivity contribution in [1.29, 1.82) is 0 Å². The molecule has 4 unspecified atom stereocenters. The van der Waals surface area contributed by atoms with E-state index in [1.54, 1.807) is 0 Å². The maximum absolute atomic E-state index is 13.7. The monoisotopic (exact) mass is 438 g/mol. The van der Waals surface area contributed by atoms with Gasteiger partial charge in [0, 0.05) is 12.1 Å². The van der Waals surface area contributed by atoms with E-state index in [1.807, 2.05) is 0 Å². The lowest BCUT2D eigenvalue weighted by atomic mass is 9.71. The molecular formula is C24H36NOSi3. The van der Waals surface area contributed by atoms with Crippen LogP contribution in [0, 0.1) is 11.8 Å². The van der Waals surface area contributed by atoms with Crippen LogP contribution in [0.2, 0.25) is 44.3 Å². The Labute approximate surface area is 179 Å². The SMILES string of the molecule is CC1=Cc2c(cccc2C23C4CCC(C4)C2(C([NH])=O)[Si](C)(C)[Si](C)(C)[Si]3(C)C)C1. The summed E-state index contributed by atoms with van der Waals surface area (Å²) in [4.78, 5) is 13.7. The van der Waals surface area contributed by atoms with Gasteiger partial charge in [-0.05, 0) is 61.1 Å². The highest BCUT2D eigenvalue weighted by Gasteiger charge is 2.89. The smallest absolute Gasteiger partial charge is 0.242 e. The number of amides is 1. The molecule has 2 bridgehead atoms. The fraction of sp³-hybridized carbons (Fsp3) is 0.625. The number of nitrogens with one attached hydrogen (secondary N) is 1. The van der Waals surface area contributed by atoms with Gasteiger partial charge >= 0.3 is 0 Å². The maximum atomic E-state index is 13.7. The summed E-state index contributed by atoms with van der Waals surface area (Å²) in [5, 5.41) is -0.368. The summed E-state index contributed by atoms with van der Waals surface area (Å²) in [6, 6.07) is 6.97. The van der Waals surface area contributed by atoms with Gasteiger partial charge in [-0.15, -0.1) is 0 Å². The van der Waals surface area contributed by atoms with Crippen molar-refractivity contribution >= 4 is 34.3 Å². The summed E-state index contributed by atoms with van der Waals surface area (Å²) in [7, 11) is -5.47. The molecule has 1 aromatic rings. The van der Waals surface area contributed by atoms with Crippen LogP contribution in [-0.4, -0.2) is 28.2 Å². The molecule has 1 N–H and O–H groups in total. The van der Waals surface area contributed by atoms with Crippen LogP contribution in [0.1, 0.15) is 42.9 Å². The average Bonchev–Trinajstić information content (AvgIpc) is 3.32. The predicted molar refractivity (Wildman–Crippen MR) is 130 cm³/mol. The second kappa shape index (κ2) is 5.46. The Bertz CT molecular complexity index is 978. The fourth-order valence-corrected chi connectivity index (χ4v) is 53.7. The molecule has 29 heavy (non-hydrogen) atoms. The third kappa shape index (κ3) is 1.74. The highest BCUT2D eigenvalue weighted by atomic mass is 29.6. The molecule has 5 rings (SSSR count). The van der Waals surface area contributed by atoms with E-state index in [4.69, 9.17) is 5.73 Å². The van der Waals surface area contributed by atoms with Crippen molar-refractivity contribution < 1.29 is 4.79 Å². The Morgan fingerprint density at radius 1 is 1.03 bits per heavy atom. The average molecular weight is 439 g/mol. The van der Waals surface area contributed by atoms with Gasteiger partial charge in [0.1, 0.15) is 0 Å². The summed E-state index contributed by atoms with van der Waals surface area (Å²) >= 11 is 0. The zero-order chi connectivity index (χ0) is 21.2. The van der Waals surface area contributed by atoms with E-state index >= 15 is 0 Å². The Morgan fingerprint density at radius 2 is 1.69 bits per heavy atom. The molecule has 1 saturated heterocycles. The highest BCUT2D eigenvalue weighted by molar-refractivity contribution is 7.72. The van der Waals surface area contributed by atoms with Gasteiger partial charge in [0.15, 0.2) is 0 Å².